The van der Waals surface area contributed by atoms with Gasteiger partial charge in [-0.05, 0) is 29.4 Å². The molecule has 0 aromatic heterocycles. The van der Waals surface area contributed by atoms with Gasteiger partial charge in [-0.3, -0.25) is 5.32 Å². The zero-order chi connectivity index (χ0) is 17.3. The summed E-state index contributed by atoms with van der Waals surface area (Å²) in [5.74, 6) is -0.932. The lowest BCUT2D eigenvalue weighted by molar-refractivity contribution is -0.863. The number of hydrogen-bond acceptors (Lipinski definition) is 3. The van der Waals surface area contributed by atoms with Gasteiger partial charge in [0.15, 0.2) is 0 Å². The van der Waals surface area contributed by atoms with E-state index in [1.54, 1.807) is 12.1 Å². The molecule has 0 bridgehead atoms. The standard InChI is InChI=1S/C17H15N3O2S2/c1-20(17(24)18-16(23)19-20)10-11-6-8-12(9-7-11)13-4-2-3-5-14(13)15(21)22/h2-9H,10H2,1H3,(H2-,18,19,21,22,23,24)/p+1. The Bertz CT molecular complexity index is 836. The van der Waals surface area contributed by atoms with E-state index in [1.807, 2.05) is 43.4 Å². The van der Waals surface area contributed by atoms with Crippen molar-refractivity contribution in [1.82, 2.24) is 10.7 Å². The van der Waals surface area contributed by atoms with Crippen molar-refractivity contribution in [1.29, 1.82) is 0 Å². The number of carboxylic acids is 1. The van der Waals surface area contributed by atoms with Crippen molar-refractivity contribution in [3.05, 3.63) is 59.7 Å². The molecule has 24 heavy (non-hydrogen) atoms. The smallest absolute Gasteiger partial charge is 0.336 e. The van der Waals surface area contributed by atoms with E-state index < -0.39 is 5.97 Å². The molecule has 3 N–H and O–H groups in total. The van der Waals surface area contributed by atoms with E-state index in [4.69, 9.17) is 24.4 Å². The molecular weight excluding hydrogens is 342 g/mol. The van der Waals surface area contributed by atoms with Crippen molar-refractivity contribution < 1.29 is 14.5 Å². The first kappa shape index (κ1) is 16.5. The molecule has 1 atom stereocenters. The van der Waals surface area contributed by atoms with E-state index in [-0.39, 0.29) is 0 Å². The van der Waals surface area contributed by atoms with Crippen LogP contribution < -0.4 is 10.7 Å². The second-order valence-electron chi connectivity index (χ2n) is 5.77. The van der Waals surface area contributed by atoms with Crippen LogP contribution in [0.2, 0.25) is 0 Å². The summed E-state index contributed by atoms with van der Waals surface area (Å²) in [5, 5.41) is 13.4. The molecule has 0 saturated carbocycles. The van der Waals surface area contributed by atoms with Crippen molar-refractivity contribution in [2.24, 2.45) is 0 Å². The number of carbonyl (C=O) groups is 1. The lowest BCUT2D eigenvalue weighted by atomic mass is 9.98. The Balaban J connectivity index is 1.86. The lowest BCUT2D eigenvalue weighted by Crippen LogP contribution is -2.52. The summed E-state index contributed by atoms with van der Waals surface area (Å²) >= 11 is 10.4. The van der Waals surface area contributed by atoms with Crippen molar-refractivity contribution in [2.45, 2.75) is 6.54 Å². The van der Waals surface area contributed by atoms with Gasteiger partial charge < -0.3 is 5.11 Å². The van der Waals surface area contributed by atoms with E-state index in [1.165, 1.54) is 0 Å². The predicted octanol–water partition coefficient (Wildman–Crippen LogP) is 2.68. The van der Waals surface area contributed by atoms with Crippen molar-refractivity contribution >= 4 is 40.6 Å². The van der Waals surface area contributed by atoms with Crippen LogP contribution in [0.3, 0.4) is 0 Å². The summed E-state index contributed by atoms with van der Waals surface area (Å²) in [5.41, 5.74) is 6.06. The SMILES string of the molecule is C[N+]1(Cc2ccc(-c3ccccc3C(=O)O)cc2)NC(=S)NC1=S. The first-order valence-electron chi connectivity index (χ1n) is 7.30. The molecule has 0 amide bonds. The first-order valence-corrected chi connectivity index (χ1v) is 8.12. The molecular formula is C17H16N3O2S2+. The summed E-state index contributed by atoms with van der Waals surface area (Å²) in [4.78, 5) is 11.4. The van der Waals surface area contributed by atoms with E-state index in [0.717, 1.165) is 11.1 Å². The molecule has 1 aliphatic heterocycles. The number of nitrogens with zero attached hydrogens (tertiary/aromatic N) is 1. The Morgan fingerprint density at radius 1 is 1.12 bits per heavy atom. The highest BCUT2D eigenvalue weighted by atomic mass is 32.1. The molecule has 3 rings (SSSR count). The van der Waals surface area contributed by atoms with Crippen LogP contribution in [0.25, 0.3) is 11.1 Å². The van der Waals surface area contributed by atoms with Crippen LogP contribution in [-0.4, -0.2) is 32.9 Å². The molecule has 0 radical (unpaired) electrons. The number of nitrogens with one attached hydrogen (secondary N) is 2. The minimum atomic E-state index is -0.932. The summed E-state index contributed by atoms with van der Waals surface area (Å²) in [6.07, 6.45) is 0. The van der Waals surface area contributed by atoms with Gasteiger partial charge in [0.1, 0.15) is 6.54 Å². The molecule has 122 valence electrons. The monoisotopic (exact) mass is 358 g/mol. The fourth-order valence-electron chi connectivity index (χ4n) is 2.71. The largest absolute Gasteiger partial charge is 0.478 e. The van der Waals surface area contributed by atoms with Crippen LogP contribution in [0.5, 0.6) is 0 Å². The summed E-state index contributed by atoms with van der Waals surface area (Å²) in [7, 11) is 1.95. The van der Waals surface area contributed by atoms with Gasteiger partial charge in [-0.25, -0.2) is 10.2 Å². The van der Waals surface area contributed by atoms with E-state index >= 15 is 0 Å². The molecule has 2 aromatic carbocycles. The maximum atomic E-state index is 11.4. The molecule has 1 saturated heterocycles. The van der Waals surface area contributed by atoms with Gasteiger partial charge in [0.2, 0.25) is 5.11 Å². The first-order chi connectivity index (χ1) is 11.4. The number of thiocarbonyl (C=S) groups is 2. The van der Waals surface area contributed by atoms with Gasteiger partial charge in [0.05, 0.1) is 12.6 Å². The molecule has 0 spiro atoms. The number of rotatable bonds is 4. The molecule has 1 unspecified atom stereocenters. The predicted molar refractivity (Wildman–Crippen MR) is 100 cm³/mol. The highest BCUT2D eigenvalue weighted by molar-refractivity contribution is 7.81. The highest BCUT2D eigenvalue weighted by Crippen LogP contribution is 2.25. The van der Waals surface area contributed by atoms with Crippen LogP contribution >= 0.6 is 24.4 Å². The number of benzene rings is 2. The molecule has 1 heterocycles. The number of aromatic carboxylic acids is 1. The summed E-state index contributed by atoms with van der Waals surface area (Å²) < 4.78 is 0.319. The van der Waals surface area contributed by atoms with Crippen LogP contribution in [0.15, 0.2) is 48.5 Å². The lowest BCUT2D eigenvalue weighted by Gasteiger charge is -2.25. The zero-order valence-corrected chi connectivity index (χ0v) is 14.6. The molecule has 2 aromatic rings. The van der Waals surface area contributed by atoms with E-state index in [0.29, 0.717) is 32.5 Å². The zero-order valence-electron chi connectivity index (χ0n) is 12.9. The minimum absolute atomic E-state index is 0.293. The maximum absolute atomic E-state index is 11.4. The second kappa shape index (κ2) is 6.27. The molecule has 5 nitrogen and oxygen atoms in total. The summed E-state index contributed by atoms with van der Waals surface area (Å²) in [6.45, 7) is 0.632. The fraction of sp³-hybridized carbons (Fsp3) is 0.118. The molecule has 0 aliphatic carbocycles. The van der Waals surface area contributed by atoms with Crippen LogP contribution in [0.1, 0.15) is 15.9 Å². The number of carboxylic acid groups (broad SMARTS) is 1. The quantitative estimate of drug-likeness (QED) is 0.577. The average molecular weight is 358 g/mol. The van der Waals surface area contributed by atoms with Gasteiger partial charge >= 0.3 is 11.1 Å². The molecule has 7 heteroatoms. The van der Waals surface area contributed by atoms with Gasteiger partial charge in [-0.2, -0.15) is 4.59 Å². The summed E-state index contributed by atoms with van der Waals surface area (Å²) in [6, 6.07) is 14.8. The Morgan fingerprint density at radius 3 is 2.38 bits per heavy atom. The second-order valence-corrected chi connectivity index (χ2v) is 6.56. The van der Waals surface area contributed by atoms with Crippen molar-refractivity contribution in [3.8, 4) is 11.1 Å². The maximum Gasteiger partial charge on any atom is 0.336 e. The highest BCUT2D eigenvalue weighted by Gasteiger charge is 2.37. The van der Waals surface area contributed by atoms with E-state index in [2.05, 4.69) is 10.7 Å². The van der Waals surface area contributed by atoms with Crippen molar-refractivity contribution in [2.75, 3.05) is 7.05 Å². The Hall–Kier alpha value is -2.35. The third-order valence-corrected chi connectivity index (χ3v) is 4.64. The third-order valence-electron chi connectivity index (χ3n) is 3.94. The van der Waals surface area contributed by atoms with Gasteiger partial charge in [-0.1, -0.05) is 42.5 Å². The van der Waals surface area contributed by atoms with Crippen LogP contribution in [-0.2, 0) is 6.54 Å². The van der Waals surface area contributed by atoms with E-state index in [9.17, 15) is 9.90 Å². The van der Waals surface area contributed by atoms with Gasteiger partial charge in [-0.15, -0.1) is 0 Å². The minimum Gasteiger partial charge on any atom is -0.478 e. The third kappa shape index (κ3) is 3.14. The van der Waals surface area contributed by atoms with Crippen molar-refractivity contribution in [3.63, 3.8) is 0 Å². The Labute approximate surface area is 150 Å². The Morgan fingerprint density at radius 2 is 1.79 bits per heavy atom. The fourth-order valence-corrected chi connectivity index (χ4v) is 3.29. The van der Waals surface area contributed by atoms with Crippen LogP contribution in [0.4, 0.5) is 0 Å². The average Bonchev–Trinajstić information content (AvgIpc) is 2.80. The molecule has 1 fully saturated rings. The number of quaternary nitrogens is 1. The normalized spacial score (nSPS) is 19.7. The van der Waals surface area contributed by atoms with Gasteiger partial charge in [0, 0.05) is 17.8 Å². The topological polar surface area (TPSA) is 61.4 Å². The van der Waals surface area contributed by atoms with Crippen LogP contribution in [0, 0.1) is 0 Å². The number of hydrogen-bond donors (Lipinski definition) is 3. The van der Waals surface area contributed by atoms with Gasteiger partial charge in [0.25, 0.3) is 0 Å². The Kier molecular flexibility index (Phi) is 4.31. The molecule has 1 aliphatic rings.